The number of esters is 1. The average Bonchev–Trinajstić information content (AvgIpc) is 2.59. The Morgan fingerprint density at radius 1 is 1.26 bits per heavy atom. The van der Waals surface area contributed by atoms with Crippen LogP contribution in [0.5, 0.6) is 0 Å². The molecule has 2 rings (SSSR count). The molecule has 1 amide bonds. The highest BCUT2D eigenvalue weighted by Gasteiger charge is 2.34. The number of hydrogen-bond acceptors (Lipinski definition) is 5. The van der Waals surface area contributed by atoms with Crippen molar-refractivity contribution in [3.63, 3.8) is 0 Å². The number of carbonyl (C=O) groups is 2. The normalized spacial score (nSPS) is 11.4. The van der Waals surface area contributed by atoms with E-state index in [1.807, 2.05) is 0 Å². The van der Waals surface area contributed by atoms with E-state index < -0.39 is 31.1 Å². The van der Waals surface area contributed by atoms with E-state index in [2.05, 4.69) is 9.84 Å². The second kappa shape index (κ2) is 8.65. The molecule has 1 heterocycles. The maximum absolute atomic E-state index is 12.7. The predicted octanol–water partition coefficient (Wildman–Crippen LogP) is 1.74. The van der Waals surface area contributed by atoms with Gasteiger partial charge >= 0.3 is 12.1 Å². The minimum absolute atomic E-state index is 0.000185. The van der Waals surface area contributed by atoms with E-state index in [9.17, 15) is 27.6 Å². The Bertz CT molecular complexity index is 880. The van der Waals surface area contributed by atoms with Gasteiger partial charge in [-0.15, -0.1) is 0 Å². The first kappa shape index (κ1) is 20.4. The summed E-state index contributed by atoms with van der Waals surface area (Å²) in [4.78, 5) is 35.9. The number of ether oxygens (including phenoxy) is 1. The SMILES string of the molecule is CCOC(=O)CN(CC(F)(F)F)C(=O)CCn1ncc(=O)c2ccccc21. The van der Waals surface area contributed by atoms with E-state index in [4.69, 9.17) is 0 Å². The molecule has 0 aliphatic carbocycles. The van der Waals surface area contributed by atoms with Crippen molar-refractivity contribution in [3.8, 4) is 0 Å². The quantitative estimate of drug-likeness (QED) is 0.678. The summed E-state index contributed by atoms with van der Waals surface area (Å²) in [5.41, 5.74) is 0.166. The number of rotatable bonds is 7. The van der Waals surface area contributed by atoms with Crippen LogP contribution in [-0.4, -0.2) is 52.4 Å². The van der Waals surface area contributed by atoms with Gasteiger partial charge in [0.05, 0.1) is 24.9 Å². The summed E-state index contributed by atoms with van der Waals surface area (Å²) in [5.74, 6) is -1.79. The molecular weight excluding hydrogens is 367 g/mol. The van der Waals surface area contributed by atoms with Gasteiger partial charge in [-0.05, 0) is 19.1 Å². The lowest BCUT2D eigenvalue weighted by Crippen LogP contribution is -2.42. The Hall–Kier alpha value is -2.91. The van der Waals surface area contributed by atoms with Crippen LogP contribution in [0.1, 0.15) is 13.3 Å². The highest BCUT2D eigenvalue weighted by Crippen LogP contribution is 2.17. The smallest absolute Gasteiger partial charge is 0.406 e. The molecule has 146 valence electrons. The van der Waals surface area contributed by atoms with E-state index in [0.717, 1.165) is 6.20 Å². The minimum atomic E-state index is -4.65. The molecule has 10 heteroatoms. The van der Waals surface area contributed by atoms with Crippen molar-refractivity contribution in [2.45, 2.75) is 26.1 Å². The van der Waals surface area contributed by atoms with Crippen LogP contribution < -0.4 is 5.43 Å². The molecule has 2 aromatic rings. The van der Waals surface area contributed by atoms with Crippen LogP contribution in [0.25, 0.3) is 10.9 Å². The monoisotopic (exact) mass is 385 g/mol. The molecule has 0 unspecified atom stereocenters. The fourth-order valence-electron chi connectivity index (χ4n) is 2.51. The van der Waals surface area contributed by atoms with Crippen LogP contribution in [0.4, 0.5) is 13.2 Å². The molecule has 0 fully saturated rings. The molecule has 0 aliphatic rings. The van der Waals surface area contributed by atoms with Gasteiger partial charge in [-0.2, -0.15) is 18.3 Å². The second-order valence-corrected chi connectivity index (χ2v) is 5.67. The van der Waals surface area contributed by atoms with Crippen molar-refractivity contribution in [2.24, 2.45) is 0 Å². The summed E-state index contributed by atoms with van der Waals surface area (Å²) >= 11 is 0. The van der Waals surface area contributed by atoms with E-state index in [-0.39, 0.29) is 25.0 Å². The number of para-hydroxylation sites is 1. The molecule has 7 nitrogen and oxygen atoms in total. The maximum Gasteiger partial charge on any atom is 0.406 e. The molecule has 0 N–H and O–H groups in total. The number of aromatic nitrogens is 2. The third kappa shape index (κ3) is 5.80. The van der Waals surface area contributed by atoms with E-state index in [1.54, 1.807) is 24.3 Å². The number of halogens is 3. The third-order valence-electron chi connectivity index (χ3n) is 3.65. The number of nitrogens with zero attached hydrogens (tertiary/aromatic N) is 3. The molecule has 0 bridgehead atoms. The first-order valence-corrected chi connectivity index (χ1v) is 8.16. The molecule has 0 radical (unpaired) electrons. The van der Waals surface area contributed by atoms with Gasteiger partial charge in [0.25, 0.3) is 0 Å². The Morgan fingerprint density at radius 3 is 2.63 bits per heavy atom. The molecular formula is C17H18F3N3O4. The number of amides is 1. The van der Waals surface area contributed by atoms with E-state index >= 15 is 0 Å². The number of alkyl halides is 3. The van der Waals surface area contributed by atoms with Crippen LogP contribution in [-0.2, 0) is 20.9 Å². The van der Waals surface area contributed by atoms with Crippen LogP contribution in [0, 0.1) is 0 Å². The fraction of sp³-hybridized carbons (Fsp3) is 0.412. The Kier molecular flexibility index (Phi) is 6.54. The lowest BCUT2D eigenvalue weighted by Gasteiger charge is -2.23. The molecule has 1 aromatic carbocycles. The Balaban J connectivity index is 2.14. The molecule has 0 saturated heterocycles. The number of aryl methyl sites for hydroxylation is 1. The van der Waals surface area contributed by atoms with Gasteiger partial charge in [-0.3, -0.25) is 19.1 Å². The van der Waals surface area contributed by atoms with Crippen molar-refractivity contribution in [2.75, 3.05) is 19.7 Å². The van der Waals surface area contributed by atoms with Crippen molar-refractivity contribution in [1.82, 2.24) is 14.7 Å². The summed E-state index contributed by atoms with van der Waals surface area (Å²) in [5, 5.41) is 4.31. The zero-order valence-electron chi connectivity index (χ0n) is 14.5. The first-order valence-electron chi connectivity index (χ1n) is 8.16. The number of hydrogen-bond donors (Lipinski definition) is 0. The topological polar surface area (TPSA) is 81.5 Å². The highest BCUT2D eigenvalue weighted by molar-refractivity contribution is 5.82. The number of carbonyl (C=O) groups excluding carboxylic acids is 2. The zero-order valence-corrected chi connectivity index (χ0v) is 14.5. The summed E-state index contributed by atoms with van der Waals surface area (Å²) < 4.78 is 44.1. The van der Waals surface area contributed by atoms with Gasteiger partial charge in [0.2, 0.25) is 11.3 Å². The lowest BCUT2D eigenvalue weighted by molar-refractivity contribution is -0.167. The molecule has 0 saturated carbocycles. The van der Waals surface area contributed by atoms with Crippen LogP contribution >= 0.6 is 0 Å². The van der Waals surface area contributed by atoms with Gasteiger partial charge in [-0.25, -0.2) is 0 Å². The third-order valence-corrected chi connectivity index (χ3v) is 3.65. The van der Waals surface area contributed by atoms with Crippen LogP contribution in [0.2, 0.25) is 0 Å². The average molecular weight is 385 g/mol. The minimum Gasteiger partial charge on any atom is -0.465 e. The number of benzene rings is 1. The molecule has 0 atom stereocenters. The summed E-state index contributed by atoms with van der Waals surface area (Å²) in [6, 6.07) is 6.57. The molecule has 1 aromatic heterocycles. The van der Waals surface area contributed by atoms with Gasteiger partial charge in [-0.1, -0.05) is 12.1 Å². The van der Waals surface area contributed by atoms with Gasteiger partial charge in [0.1, 0.15) is 13.1 Å². The highest BCUT2D eigenvalue weighted by atomic mass is 19.4. The summed E-state index contributed by atoms with van der Waals surface area (Å²) in [7, 11) is 0. The summed E-state index contributed by atoms with van der Waals surface area (Å²) in [6.45, 7) is -0.870. The van der Waals surface area contributed by atoms with Gasteiger partial charge in [0, 0.05) is 11.8 Å². The van der Waals surface area contributed by atoms with Crippen LogP contribution in [0.3, 0.4) is 0 Å². The molecule has 0 aliphatic heterocycles. The fourth-order valence-corrected chi connectivity index (χ4v) is 2.51. The van der Waals surface area contributed by atoms with E-state index in [0.29, 0.717) is 15.8 Å². The summed E-state index contributed by atoms with van der Waals surface area (Å²) in [6.07, 6.45) is -3.89. The second-order valence-electron chi connectivity index (χ2n) is 5.67. The molecule has 27 heavy (non-hydrogen) atoms. The Labute approximate surface area is 152 Å². The lowest BCUT2D eigenvalue weighted by atomic mass is 10.2. The van der Waals surface area contributed by atoms with Crippen LogP contribution in [0.15, 0.2) is 35.3 Å². The van der Waals surface area contributed by atoms with Crippen molar-refractivity contribution >= 4 is 22.8 Å². The van der Waals surface area contributed by atoms with Gasteiger partial charge in [0.15, 0.2) is 0 Å². The standard InChI is InChI=1S/C17H18F3N3O4/c1-2-27-16(26)10-22(11-17(18,19)20)15(25)7-8-23-13-6-4-3-5-12(13)14(24)9-21-23/h3-6,9H,2,7-8,10-11H2,1H3. The maximum atomic E-state index is 12.7. The van der Waals surface area contributed by atoms with E-state index in [1.165, 1.54) is 11.6 Å². The van der Waals surface area contributed by atoms with Crippen molar-refractivity contribution < 1.29 is 27.5 Å². The molecule has 0 spiro atoms. The van der Waals surface area contributed by atoms with Crippen molar-refractivity contribution in [3.05, 3.63) is 40.7 Å². The van der Waals surface area contributed by atoms with Gasteiger partial charge < -0.3 is 9.64 Å². The Morgan fingerprint density at radius 2 is 1.96 bits per heavy atom. The largest absolute Gasteiger partial charge is 0.465 e. The zero-order chi connectivity index (χ0) is 20.0. The predicted molar refractivity (Wildman–Crippen MR) is 89.9 cm³/mol. The first-order chi connectivity index (χ1) is 12.7. The van der Waals surface area contributed by atoms with Crippen molar-refractivity contribution in [1.29, 1.82) is 0 Å². The number of fused-ring (bicyclic) bond motifs is 1.